The first-order chi connectivity index (χ1) is 24.2. The molecular weight excluding hydrogens is 724 g/mol. The molecule has 0 spiro atoms. The fourth-order valence-corrected chi connectivity index (χ4v) is 9.03. The number of anilines is 2. The number of aromatic nitrogens is 1. The topological polar surface area (TPSA) is 158 Å². The molecule has 0 radical (unpaired) electrons. The summed E-state index contributed by atoms with van der Waals surface area (Å²) in [6.07, 6.45) is -0.376. The number of halogens is 3. The molecule has 0 bridgehead atoms. The molecule has 11 nitrogen and oxygen atoms in total. The van der Waals surface area contributed by atoms with Gasteiger partial charge in [-0.3, -0.25) is 14.6 Å². The number of rotatable bonds is 10. The number of ether oxygens (including phenoxy) is 2. The average molecular weight is 770 g/mol. The van der Waals surface area contributed by atoms with Crippen molar-refractivity contribution in [3.05, 3.63) is 66.4 Å². The molecule has 5 rings (SSSR count). The van der Waals surface area contributed by atoms with Crippen LogP contribution in [0.15, 0.2) is 60.8 Å². The maximum absolute atomic E-state index is 12.8. The zero-order valence-corrected chi connectivity index (χ0v) is 31.3. The van der Waals surface area contributed by atoms with E-state index in [4.69, 9.17) is 9.47 Å². The molecule has 0 saturated carbocycles. The van der Waals surface area contributed by atoms with Crippen LogP contribution < -0.4 is 10.6 Å². The van der Waals surface area contributed by atoms with E-state index in [1.165, 1.54) is 33.8 Å². The quantitative estimate of drug-likeness (QED) is 0.250. The second kappa shape index (κ2) is 16.6. The Bertz CT molecular complexity index is 1940. The summed E-state index contributed by atoms with van der Waals surface area (Å²) >= 11 is 0. The number of hydrogen-bond acceptors (Lipinski definition) is 9. The van der Waals surface area contributed by atoms with Gasteiger partial charge in [0.25, 0.3) is 0 Å². The Morgan fingerprint density at radius 1 is 0.712 bits per heavy atom. The molecular formula is C36H46F3N3O8S2. The smallest absolute Gasteiger partial charge is 0.381 e. The van der Waals surface area contributed by atoms with Gasteiger partial charge in [-0.25, -0.2) is 16.8 Å². The molecule has 2 aliphatic rings. The van der Waals surface area contributed by atoms with Gasteiger partial charge in [-0.1, -0.05) is 24.3 Å². The standard InChI is InChI=1S/C19H24N2O4S.C17H22F3NO4S/c1-19(2,26(23,24)13-14-7-9-25-10-8-14)18(22)21-16-11-15-5-3-4-6-17(15)20-12-16;1-16(2,26(23,24)11-12-6-8-25-9-7-12)15(22)21-14-5-3-4-13(10-14)17(18,19)20/h3-6,11-12,14H,7-10,13H2,1-2H3,(H,21,22);3-5,10,12H,6-9,11H2,1-2H3,(H,21,22). The van der Waals surface area contributed by atoms with E-state index in [1.54, 1.807) is 12.3 Å². The van der Waals surface area contributed by atoms with Crippen molar-refractivity contribution in [2.75, 3.05) is 48.6 Å². The lowest BCUT2D eigenvalue weighted by atomic mass is 10.0. The number of nitrogens with zero attached hydrogens (tertiary/aromatic N) is 1. The Hall–Kier alpha value is -3.60. The van der Waals surface area contributed by atoms with Crippen LogP contribution in [0.2, 0.25) is 0 Å². The zero-order chi connectivity index (χ0) is 38.4. The molecule has 2 fully saturated rings. The second-order valence-corrected chi connectivity index (χ2v) is 19.3. The van der Waals surface area contributed by atoms with Crippen molar-refractivity contribution in [3.63, 3.8) is 0 Å². The van der Waals surface area contributed by atoms with Crippen molar-refractivity contribution in [2.24, 2.45) is 11.8 Å². The second-order valence-electron chi connectivity index (χ2n) is 14.1. The number of nitrogens with one attached hydrogen (secondary N) is 2. The number of alkyl halides is 3. The van der Waals surface area contributed by atoms with Crippen molar-refractivity contribution in [1.29, 1.82) is 0 Å². The van der Waals surface area contributed by atoms with Gasteiger partial charge in [0, 0.05) is 37.5 Å². The average Bonchev–Trinajstić information content (AvgIpc) is 3.08. The van der Waals surface area contributed by atoms with Gasteiger partial charge in [-0.2, -0.15) is 13.2 Å². The largest absolute Gasteiger partial charge is 0.416 e. The molecule has 2 saturated heterocycles. The van der Waals surface area contributed by atoms with Gasteiger partial charge in [0.1, 0.15) is 9.49 Å². The van der Waals surface area contributed by atoms with E-state index in [0.717, 1.165) is 29.1 Å². The Balaban J connectivity index is 0.000000233. The molecule has 2 N–H and O–H groups in total. The minimum Gasteiger partial charge on any atom is -0.381 e. The van der Waals surface area contributed by atoms with Gasteiger partial charge < -0.3 is 20.1 Å². The summed E-state index contributed by atoms with van der Waals surface area (Å²) in [5, 5.41) is 5.89. The molecule has 0 unspecified atom stereocenters. The predicted molar refractivity (Wildman–Crippen MR) is 193 cm³/mol. The van der Waals surface area contributed by atoms with Crippen LogP contribution in [0.25, 0.3) is 10.9 Å². The number of carbonyl (C=O) groups excluding carboxylic acids is 2. The predicted octanol–water partition coefficient (Wildman–Crippen LogP) is 6.06. The summed E-state index contributed by atoms with van der Waals surface area (Å²) in [7, 11) is -7.42. The summed E-state index contributed by atoms with van der Waals surface area (Å²) in [6, 6.07) is 13.4. The van der Waals surface area contributed by atoms with Crippen LogP contribution in [-0.2, 0) is 44.9 Å². The Morgan fingerprint density at radius 2 is 1.19 bits per heavy atom. The monoisotopic (exact) mass is 769 g/mol. The first-order valence-corrected chi connectivity index (χ1v) is 20.3. The highest BCUT2D eigenvalue weighted by Gasteiger charge is 2.44. The number of para-hydroxylation sites is 1. The van der Waals surface area contributed by atoms with E-state index >= 15 is 0 Å². The number of amides is 2. The van der Waals surface area contributed by atoms with Gasteiger partial charge in [0.05, 0.1) is 34.5 Å². The lowest BCUT2D eigenvalue weighted by Gasteiger charge is -2.28. The summed E-state index contributed by atoms with van der Waals surface area (Å²) in [5.41, 5.74) is 0.289. The van der Waals surface area contributed by atoms with Crippen LogP contribution >= 0.6 is 0 Å². The molecule has 0 atom stereocenters. The summed E-state index contributed by atoms with van der Waals surface area (Å²) in [5.74, 6) is -1.59. The van der Waals surface area contributed by atoms with Crippen LogP contribution in [0.5, 0.6) is 0 Å². The first kappa shape index (κ1) is 41.2. The van der Waals surface area contributed by atoms with Crippen LogP contribution in [-0.4, -0.2) is 81.1 Å². The lowest BCUT2D eigenvalue weighted by molar-refractivity contribution is -0.137. The summed E-state index contributed by atoms with van der Waals surface area (Å²) in [6.45, 7) is 7.59. The van der Waals surface area contributed by atoms with Gasteiger partial charge >= 0.3 is 6.18 Å². The molecule has 52 heavy (non-hydrogen) atoms. The molecule has 286 valence electrons. The van der Waals surface area contributed by atoms with Crippen LogP contribution in [0, 0.1) is 11.8 Å². The third-order valence-electron chi connectivity index (χ3n) is 9.54. The number of fused-ring (bicyclic) bond motifs is 1. The molecule has 1 aromatic heterocycles. The first-order valence-electron chi connectivity index (χ1n) is 17.0. The molecule has 3 aromatic rings. The number of pyridine rings is 1. The lowest BCUT2D eigenvalue weighted by Crippen LogP contribution is -2.47. The van der Waals surface area contributed by atoms with Crippen LogP contribution in [0.4, 0.5) is 24.5 Å². The third kappa shape index (κ3) is 10.3. The minimum atomic E-state index is -4.55. The molecule has 2 aliphatic heterocycles. The Morgan fingerprint density at radius 3 is 1.69 bits per heavy atom. The number of benzene rings is 2. The van der Waals surface area contributed by atoms with Gasteiger partial charge in [-0.15, -0.1) is 0 Å². The van der Waals surface area contributed by atoms with Gasteiger partial charge in [0.15, 0.2) is 19.7 Å². The highest BCUT2D eigenvalue weighted by Crippen LogP contribution is 2.32. The van der Waals surface area contributed by atoms with Crippen molar-refractivity contribution < 1.29 is 49.1 Å². The normalized spacial score (nSPS) is 16.8. The SMILES string of the molecule is CC(C)(C(=O)Nc1cccc(C(F)(F)F)c1)S(=O)(=O)CC1CCOCC1.CC(C)(C(=O)Nc1cnc2ccccc2c1)S(=O)(=O)CC1CCOCC1. The van der Waals surface area contributed by atoms with E-state index in [1.807, 2.05) is 24.3 Å². The Kier molecular flexibility index (Phi) is 13.1. The van der Waals surface area contributed by atoms with Crippen molar-refractivity contribution in [1.82, 2.24) is 4.98 Å². The summed E-state index contributed by atoms with van der Waals surface area (Å²) < 4.78 is 96.6. The highest BCUT2D eigenvalue weighted by atomic mass is 32.2. The number of sulfone groups is 2. The van der Waals surface area contributed by atoms with Gasteiger partial charge in [-0.05, 0) is 95.5 Å². The minimum absolute atomic E-state index is 0.00670. The molecule has 2 aromatic carbocycles. The van der Waals surface area contributed by atoms with Gasteiger partial charge in [0.2, 0.25) is 11.8 Å². The fraction of sp³-hybridized carbons (Fsp3) is 0.528. The fourth-order valence-electron chi connectivity index (χ4n) is 5.62. The van der Waals surface area contributed by atoms with Crippen LogP contribution in [0.3, 0.4) is 0 Å². The number of hydrogen-bond donors (Lipinski definition) is 2. The molecule has 0 aliphatic carbocycles. The maximum Gasteiger partial charge on any atom is 0.416 e. The van der Waals surface area contributed by atoms with Crippen molar-refractivity contribution in [3.8, 4) is 0 Å². The van der Waals surface area contributed by atoms with Crippen LogP contribution in [0.1, 0.15) is 58.9 Å². The zero-order valence-electron chi connectivity index (χ0n) is 29.7. The number of carbonyl (C=O) groups is 2. The molecule has 3 heterocycles. The maximum atomic E-state index is 12.8. The van der Waals surface area contributed by atoms with E-state index in [2.05, 4.69) is 15.6 Å². The highest BCUT2D eigenvalue weighted by molar-refractivity contribution is 7.93. The van der Waals surface area contributed by atoms with E-state index < -0.39 is 52.7 Å². The third-order valence-corrected chi connectivity index (χ3v) is 14.8. The molecule has 16 heteroatoms. The van der Waals surface area contributed by atoms with E-state index in [-0.39, 0.29) is 29.0 Å². The Labute approximate surface area is 302 Å². The van der Waals surface area contributed by atoms with Crippen molar-refractivity contribution >= 4 is 53.8 Å². The molecule has 2 amide bonds. The van der Waals surface area contributed by atoms with E-state index in [9.17, 15) is 39.6 Å². The van der Waals surface area contributed by atoms with E-state index in [0.29, 0.717) is 57.8 Å². The summed E-state index contributed by atoms with van der Waals surface area (Å²) in [4.78, 5) is 29.5. The van der Waals surface area contributed by atoms with Crippen molar-refractivity contribution in [2.45, 2.75) is 69.0 Å².